The third-order valence-electron chi connectivity index (χ3n) is 3.30. The SMILES string of the molecule is O=C(OCc1nnc(-c2ccc([N+](=O)[O-])cc2)o1)c1cc(Cl)ccc1O. The minimum absolute atomic E-state index is 0.0215. The lowest BCUT2D eigenvalue weighted by atomic mass is 10.2. The summed E-state index contributed by atoms with van der Waals surface area (Å²) >= 11 is 5.78. The molecule has 132 valence electrons. The van der Waals surface area contributed by atoms with Crippen LogP contribution in [-0.4, -0.2) is 26.2 Å². The van der Waals surface area contributed by atoms with Crippen molar-refractivity contribution in [2.75, 3.05) is 0 Å². The second-order valence-corrected chi connectivity index (χ2v) is 5.48. The number of carbonyl (C=O) groups excluding carboxylic acids is 1. The average Bonchev–Trinajstić information content (AvgIpc) is 3.11. The van der Waals surface area contributed by atoms with Crippen LogP contribution in [0.1, 0.15) is 16.2 Å². The maximum absolute atomic E-state index is 12.0. The Balaban J connectivity index is 1.68. The molecule has 26 heavy (non-hydrogen) atoms. The molecule has 0 unspecified atom stereocenters. The number of hydrogen-bond donors (Lipinski definition) is 1. The van der Waals surface area contributed by atoms with Crippen LogP contribution in [0.5, 0.6) is 5.75 Å². The molecule has 0 atom stereocenters. The predicted octanol–water partition coefficient (Wildman–Crippen LogP) is 3.36. The molecular formula is C16H10ClN3O6. The van der Waals surface area contributed by atoms with Crippen molar-refractivity contribution in [1.29, 1.82) is 0 Å². The zero-order valence-electron chi connectivity index (χ0n) is 13.0. The first-order chi connectivity index (χ1) is 12.4. The number of phenolic OH excluding ortho intramolecular Hbond substituents is 1. The maximum atomic E-state index is 12.0. The Kier molecular flexibility index (Phi) is 4.81. The minimum atomic E-state index is -0.805. The number of aromatic nitrogens is 2. The fourth-order valence-corrected chi connectivity index (χ4v) is 2.20. The van der Waals surface area contributed by atoms with Gasteiger partial charge in [-0.1, -0.05) is 11.6 Å². The molecular weight excluding hydrogens is 366 g/mol. The molecule has 0 aliphatic heterocycles. The number of nitro groups is 1. The number of esters is 1. The van der Waals surface area contributed by atoms with Crippen LogP contribution in [-0.2, 0) is 11.3 Å². The number of non-ortho nitro benzene ring substituents is 1. The van der Waals surface area contributed by atoms with Crippen molar-refractivity contribution >= 4 is 23.3 Å². The van der Waals surface area contributed by atoms with E-state index >= 15 is 0 Å². The van der Waals surface area contributed by atoms with Gasteiger partial charge in [-0.15, -0.1) is 10.2 Å². The summed E-state index contributed by atoms with van der Waals surface area (Å²) in [5, 5.41) is 28.1. The van der Waals surface area contributed by atoms with Gasteiger partial charge in [-0.05, 0) is 30.3 Å². The van der Waals surface area contributed by atoms with E-state index in [1.165, 1.54) is 42.5 Å². The summed E-state index contributed by atoms with van der Waals surface area (Å²) in [6.45, 7) is -0.315. The molecule has 1 heterocycles. The first-order valence-electron chi connectivity index (χ1n) is 7.17. The molecule has 0 aliphatic rings. The van der Waals surface area contributed by atoms with Crippen molar-refractivity contribution in [3.63, 3.8) is 0 Å². The third kappa shape index (κ3) is 3.78. The van der Waals surface area contributed by atoms with Crippen LogP contribution in [0, 0.1) is 10.1 Å². The smallest absolute Gasteiger partial charge is 0.342 e. The number of halogens is 1. The summed E-state index contributed by atoms with van der Waals surface area (Å²) in [5.74, 6) is -0.929. The molecule has 0 fully saturated rings. The van der Waals surface area contributed by atoms with E-state index in [0.717, 1.165) is 0 Å². The summed E-state index contributed by atoms with van der Waals surface area (Å²) in [6.07, 6.45) is 0. The van der Waals surface area contributed by atoms with Gasteiger partial charge in [0.25, 0.3) is 11.6 Å². The minimum Gasteiger partial charge on any atom is -0.507 e. The second-order valence-electron chi connectivity index (χ2n) is 5.04. The van der Waals surface area contributed by atoms with Crippen LogP contribution in [0.4, 0.5) is 5.69 Å². The molecule has 3 rings (SSSR count). The van der Waals surface area contributed by atoms with E-state index in [9.17, 15) is 20.0 Å². The Morgan fingerprint density at radius 1 is 1.23 bits per heavy atom. The molecule has 0 radical (unpaired) electrons. The summed E-state index contributed by atoms with van der Waals surface area (Å²) < 4.78 is 10.4. The van der Waals surface area contributed by atoms with Crippen LogP contribution in [0.2, 0.25) is 5.02 Å². The topological polar surface area (TPSA) is 129 Å². The number of nitro benzene ring substituents is 1. The lowest BCUT2D eigenvalue weighted by Gasteiger charge is -2.04. The molecule has 2 aromatic carbocycles. The highest BCUT2D eigenvalue weighted by Crippen LogP contribution is 2.24. The van der Waals surface area contributed by atoms with Crippen molar-refractivity contribution in [1.82, 2.24) is 10.2 Å². The average molecular weight is 376 g/mol. The largest absolute Gasteiger partial charge is 0.507 e. The Hall–Kier alpha value is -3.46. The van der Waals surface area contributed by atoms with Crippen LogP contribution in [0.25, 0.3) is 11.5 Å². The summed E-state index contributed by atoms with van der Waals surface area (Å²) in [5.41, 5.74) is 0.324. The van der Waals surface area contributed by atoms with Crippen LogP contribution >= 0.6 is 11.6 Å². The number of ether oxygens (including phenoxy) is 1. The van der Waals surface area contributed by atoms with Crippen molar-refractivity contribution in [2.24, 2.45) is 0 Å². The molecule has 0 bridgehead atoms. The Labute approximate surface area is 151 Å². The normalized spacial score (nSPS) is 10.5. The van der Waals surface area contributed by atoms with Crippen molar-refractivity contribution in [3.8, 4) is 17.2 Å². The molecule has 1 N–H and O–H groups in total. The number of aromatic hydroxyl groups is 1. The van der Waals surface area contributed by atoms with Gasteiger partial charge in [0.1, 0.15) is 11.3 Å². The summed E-state index contributed by atoms with van der Waals surface area (Å²) in [6, 6.07) is 9.52. The monoisotopic (exact) mass is 375 g/mol. The first-order valence-corrected chi connectivity index (χ1v) is 7.54. The van der Waals surface area contributed by atoms with E-state index in [4.69, 9.17) is 20.8 Å². The van der Waals surface area contributed by atoms with E-state index in [1.807, 2.05) is 0 Å². The van der Waals surface area contributed by atoms with Gasteiger partial charge in [-0.2, -0.15) is 0 Å². The third-order valence-corrected chi connectivity index (χ3v) is 3.53. The van der Waals surface area contributed by atoms with Crippen molar-refractivity contribution in [3.05, 3.63) is 69.1 Å². The first kappa shape index (κ1) is 17.4. The molecule has 3 aromatic rings. The number of benzene rings is 2. The van der Waals surface area contributed by atoms with Gasteiger partial charge in [0.2, 0.25) is 5.89 Å². The molecule has 0 spiro atoms. The molecule has 0 aliphatic carbocycles. The van der Waals surface area contributed by atoms with E-state index in [0.29, 0.717) is 5.56 Å². The molecule has 1 aromatic heterocycles. The Morgan fingerprint density at radius 2 is 1.96 bits per heavy atom. The highest BCUT2D eigenvalue weighted by molar-refractivity contribution is 6.31. The maximum Gasteiger partial charge on any atom is 0.342 e. The van der Waals surface area contributed by atoms with Crippen molar-refractivity contribution < 1.29 is 24.0 Å². The van der Waals surface area contributed by atoms with Gasteiger partial charge in [0.15, 0.2) is 6.61 Å². The zero-order chi connectivity index (χ0) is 18.7. The van der Waals surface area contributed by atoms with E-state index in [2.05, 4.69) is 10.2 Å². The molecule has 0 amide bonds. The van der Waals surface area contributed by atoms with Crippen LogP contribution < -0.4 is 0 Å². The van der Waals surface area contributed by atoms with Gasteiger partial charge in [0.05, 0.1) is 4.92 Å². The fourth-order valence-electron chi connectivity index (χ4n) is 2.03. The van der Waals surface area contributed by atoms with E-state index in [-0.39, 0.29) is 40.4 Å². The number of nitrogens with zero attached hydrogens (tertiary/aromatic N) is 3. The molecule has 9 nitrogen and oxygen atoms in total. The quantitative estimate of drug-likeness (QED) is 0.408. The molecule has 0 saturated carbocycles. The molecule has 10 heteroatoms. The number of carbonyl (C=O) groups is 1. The summed E-state index contributed by atoms with van der Waals surface area (Å²) in [7, 11) is 0. The summed E-state index contributed by atoms with van der Waals surface area (Å²) in [4.78, 5) is 22.1. The van der Waals surface area contributed by atoms with Crippen molar-refractivity contribution in [2.45, 2.75) is 6.61 Å². The van der Waals surface area contributed by atoms with Crippen LogP contribution in [0.15, 0.2) is 46.9 Å². The Morgan fingerprint density at radius 3 is 2.65 bits per heavy atom. The number of phenols is 1. The van der Waals surface area contributed by atoms with Gasteiger partial charge >= 0.3 is 5.97 Å². The Bertz CT molecular complexity index is 970. The lowest BCUT2D eigenvalue weighted by molar-refractivity contribution is -0.384. The number of hydrogen-bond acceptors (Lipinski definition) is 8. The standard InChI is InChI=1S/C16H10ClN3O6/c17-10-3-6-13(21)12(7-10)16(22)25-8-14-18-19-15(26-14)9-1-4-11(5-2-9)20(23)24/h1-7,21H,8H2. The van der Waals surface area contributed by atoms with Gasteiger partial charge in [-0.25, -0.2) is 4.79 Å². The number of rotatable bonds is 5. The highest BCUT2D eigenvalue weighted by Gasteiger charge is 2.16. The second kappa shape index (κ2) is 7.19. The van der Waals surface area contributed by atoms with Crippen LogP contribution in [0.3, 0.4) is 0 Å². The lowest BCUT2D eigenvalue weighted by Crippen LogP contribution is -2.05. The highest BCUT2D eigenvalue weighted by atomic mass is 35.5. The zero-order valence-corrected chi connectivity index (χ0v) is 13.7. The van der Waals surface area contributed by atoms with E-state index < -0.39 is 10.9 Å². The predicted molar refractivity (Wildman–Crippen MR) is 88.6 cm³/mol. The fraction of sp³-hybridized carbons (Fsp3) is 0.0625. The van der Waals surface area contributed by atoms with E-state index in [1.54, 1.807) is 0 Å². The molecule has 0 saturated heterocycles. The van der Waals surface area contributed by atoms with Gasteiger partial charge in [0, 0.05) is 22.7 Å². The van der Waals surface area contributed by atoms with Gasteiger partial charge < -0.3 is 14.3 Å². The van der Waals surface area contributed by atoms with Gasteiger partial charge in [-0.3, -0.25) is 10.1 Å².